The quantitative estimate of drug-likeness (QED) is 0.767. The number of aliphatic hydroxyl groups excluding tert-OH is 1. The van der Waals surface area contributed by atoms with Gasteiger partial charge in [-0.1, -0.05) is 6.92 Å². The predicted octanol–water partition coefficient (Wildman–Crippen LogP) is 1.42. The van der Waals surface area contributed by atoms with Gasteiger partial charge in [-0.3, -0.25) is 4.79 Å². The van der Waals surface area contributed by atoms with Crippen molar-refractivity contribution < 1.29 is 14.6 Å². The highest BCUT2D eigenvalue weighted by Gasteiger charge is 2.35. The van der Waals surface area contributed by atoms with Gasteiger partial charge in [0.2, 0.25) is 5.91 Å². The molecule has 1 rings (SSSR count). The number of rotatable bonds is 6. The van der Waals surface area contributed by atoms with Gasteiger partial charge in [-0.2, -0.15) is 0 Å². The van der Waals surface area contributed by atoms with Crippen LogP contribution in [0.5, 0.6) is 0 Å². The molecule has 1 fully saturated rings. The van der Waals surface area contributed by atoms with E-state index in [2.05, 4.69) is 6.92 Å². The van der Waals surface area contributed by atoms with E-state index in [4.69, 9.17) is 9.84 Å². The van der Waals surface area contributed by atoms with Crippen LogP contribution in [-0.4, -0.2) is 47.8 Å². The third-order valence-electron chi connectivity index (χ3n) is 3.39. The molecule has 0 saturated carbocycles. The number of carbonyl (C=O) groups is 1. The van der Waals surface area contributed by atoms with Crippen LogP contribution >= 0.6 is 0 Å². The van der Waals surface area contributed by atoms with Crippen LogP contribution in [0.15, 0.2) is 0 Å². The second kappa shape index (κ2) is 6.97. The molecule has 0 bridgehead atoms. The van der Waals surface area contributed by atoms with E-state index in [0.29, 0.717) is 19.6 Å². The van der Waals surface area contributed by atoms with E-state index < -0.39 is 0 Å². The van der Waals surface area contributed by atoms with E-state index in [-0.39, 0.29) is 30.6 Å². The Balaban J connectivity index is 2.63. The molecule has 4 heteroatoms. The lowest BCUT2D eigenvalue weighted by Crippen LogP contribution is -2.43. The highest BCUT2D eigenvalue weighted by Crippen LogP contribution is 2.26. The zero-order valence-corrected chi connectivity index (χ0v) is 11.2. The second-order valence-corrected chi connectivity index (χ2v) is 4.92. The van der Waals surface area contributed by atoms with E-state index in [1.165, 1.54) is 0 Å². The number of hydrogen-bond acceptors (Lipinski definition) is 3. The lowest BCUT2D eigenvalue weighted by molar-refractivity contribution is -0.139. The summed E-state index contributed by atoms with van der Waals surface area (Å²) in [6, 6.07) is 0.187. The van der Waals surface area contributed by atoms with Crippen LogP contribution in [-0.2, 0) is 9.53 Å². The number of nitrogens with zero attached hydrogens (tertiary/aromatic N) is 1. The fourth-order valence-electron chi connectivity index (χ4n) is 2.41. The average Bonchev–Trinajstić information content (AvgIpc) is 2.76. The maximum absolute atomic E-state index is 12.4. The maximum atomic E-state index is 12.4. The highest BCUT2D eigenvalue weighted by molar-refractivity contribution is 5.80. The van der Waals surface area contributed by atoms with Crippen LogP contribution in [0.4, 0.5) is 0 Å². The van der Waals surface area contributed by atoms with Crippen LogP contribution in [0.25, 0.3) is 0 Å². The molecule has 2 unspecified atom stereocenters. The van der Waals surface area contributed by atoms with Gasteiger partial charge in [0.25, 0.3) is 0 Å². The van der Waals surface area contributed by atoms with E-state index in [1.54, 1.807) is 0 Å². The number of ether oxygens (including phenoxy) is 1. The van der Waals surface area contributed by atoms with E-state index >= 15 is 0 Å². The molecule has 0 radical (unpaired) electrons. The molecule has 1 aliphatic rings. The lowest BCUT2D eigenvalue weighted by atomic mass is 9.97. The minimum absolute atomic E-state index is 0.0149. The van der Waals surface area contributed by atoms with Crippen molar-refractivity contribution in [3.8, 4) is 0 Å². The average molecular weight is 243 g/mol. The molecule has 0 aromatic carbocycles. The van der Waals surface area contributed by atoms with Crippen LogP contribution in [0, 0.1) is 5.92 Å². The summed E-state index contributed by atoms with van der Waals surface area (Å²) in [5.41, 5.74) is 0. The minimum Gasteiger partial charge on any atom is -0.396 e. The third-order valence-corrected chi connectivity index (χ3v) is 3.39. The van der Waals surface area contributed by atoms with Gasteiger partial charge >= 0.3 is 0 Å². The zero-order chi connectivity index (χ0) is 12.8. The van der Waals surface area contributed by atoms with Crippen molar-refractivity contribution >= 4 is 5.91 Å². The molecule has 1 amide bonds. The number of aliphatic hydroxyl groups is 1. The Bertz CT molecular complexity index is 243. The summed E-state index contributed by atoms with van der Waals surface area (Å²) in [4.78, 5) is 14.3. The van der Waals surface area contributed by atoms with Crippen molar-refractivity contribution in [1.29, 1.82) is 0 Å². The maximum Gasteiger partial charge on any atom is 0.228 e. The van der Waals surface area contributed by atoms with Crippen LogP contribution in [0.3, 0.4) is 0 Å². The first-order chi connectivity index (χ1) is 8.11. The van der Waals surface area contributed by atoms with Gasteiger partial charge < -0.3 is 14.7 Å². The molecular weight excluding hydrogens is 218 g/mol. The van der Waals surface area contributed by atoms with Crippen molar-refractivity contribution in [1.82, 2.24) is 4.90 Å². The fraction of sp³-hybridized carbons (Fsp3) is 0.923. The summed E-state index contributed by atoms with van der Waals surface area (Å²) < 4.78 is 5.57. The molecule has 1 aliphatic heterocycles. The number of hydrogen-bond donors (Lipinski definition) is 1. The first-order valence-corrected chi connectivity index (χ1v) is 6.64. The fourth-order valence-corrected chi connectivity index (χ4v) is 2.41. The molecule has 1 heterocycles. The normalized spacial score (nSPS) is 24.3. The van der Waals surface area contributed by atoms with Crippen molar-refractivity contribution in [3.63, 3.8) is 0 Å². The Morgan fingerprint density at radius 2 is 2.24 bits per heavy atom. The van der Waals surface area contributed by atoms with Crippen LogP contribution < -0.4 is 0 Å². The Labute approximate surface area is 104 Å². The van der Waals surface area contributed by atoms with Crippen molar-refractivity contribution in [2.45, 2.75) is 52.2 Å². The smallest absolute Gasteiger partial charge is 0.228 e. The predicted molar refractivity (Wildman–Crippen MR) is 66.7 cm³/mol. The van der Waals surface area contributed by atoms with Crippen LogP contribution in [0.2, 0.25) is 0 Å². The summed E-state index contributed by atoms with van der Waals surface area (Å²) in [5.74, 6) is 0.207. The minimum atomic E-state index is 0.0149. The topological polar surface area (TPSA) is 49.8 Å². The standard InChI is InChI=1S/C13H25NO3/c1-4-12-11(6-9-17-12)13(16)14(10(2)3)7-5-8-15/h10-12,15H,4-9H2,1-3H3. The highest BCUT2D eigenvalue weighted by atomic mass is 16.5. The Morgan fingerprint density at radius 3 is 2.76 bits per heavy atom. The summed E-state index contributed by atoms with van der Waals surface area (Å²) in [7, 11) is 0. The number of carbonyl (C=O) groups excluding carboxylic acids is 1. The summed E-state index contributed by atoms with van der Waals surface area (Å²) in [6.07, 6.45) is 2.45. The van der Waals surface area contributed by atoms with Gasteiger partial charge in [-0.15, -0.1) is 0 Å². The molecule has 0 aliphatic carbocycles. The molecule has 1 N–H and O–H groups in total. The van der Waals surface area contributed by atoms with Gasteiger partial charge in [0.1, 0.15) is 0 Å². The van der Waals surface area contributed by atoms with Gasteiger partial charge in [-0.05, 0) is 33.1 Å². The Morgan fingerprint density at radius 1 is 1.53 bits per heavy atom. The molecular formula is C13H25NO3. The van der Waals surface area contributed by atoms with Crippen molar-refractivity contribution in [2.24, 2.45) is 5.92 Å². The molecule has 1 saturated heterocycles. The first kappa shape index (κ1) is 14.5. The van der Waals surface area contributed by atoms with Crippen LogP contribution in [0.1, 0.15) is 40.0 Å². The SMILES string of the molecule is CCC1OCCC1C(=O)N(CCCO)C(C)C. The lowest BCUT2D eigenvalue weighted by Gasteiger charge is -2.30. The molecule has 0 spiro atoms. The molecule has 0 aromatic heterocycles. The van der Waals surface area contributed by atoms with Gasteiger partial charge in [0, 0.05) is 25.8 Å². The van der Waals surface area contributed by atoms with Crippen molar-refractivity contribution in [2.75, 3.05) is 19.8 Å². The Kier molecular flexibility index (Phi) is 5.92. The number of amides is 1. The molecule has 100 valence electrons. The second-order valence-electron chi connectivity index (χ2n) is 4.92. The summed E-state index contributed by atoms with van der Waals surface area (Å²) in [6.45, 7) is 7.57. The molecule has 4 nitrogen and oxygen atoms in total. The molecule has 0 aromatic rings. The zero-order valence-electron chi connectivity index (χ0n) is 11.2. The van der Waals surface area contributed by atoms with Crippen molar-refractivity contribution in [3.05, 3.63) is 0 Å². The van der Waals surface area contributed by atoms with E-state index in [1.807, 2.05) is 18.7 Å². The van der Waals surface area contributed by atoms with Gasteiger partial charge in [0.05, 0.1) is 12.0 Å². The Hall–Kier alpha value is -0.610. The first-order valence-electron chi connectivity index (χ1n) is 6.64. The molecule has 2 atom stereocenters. The summed E-state index contributed by atoms with van der Waals surface area (Å²) >= 11 is 0. The van der Waals surface area contributed by atoms with Gasteiger partial charge in [0.15, 0.2) is 0 Å². The van der Waals surface area contributed by atoms with E-state index in [0.717, 1.165) is 12.8 Å². The van der Waals surface area contributed by atoms with Gasteiger partial charge in [-0.25, -0.2) is 0 Å². The third kappa shape index (κ3) is 3.68. The molecule has 17 heavy (non-hydrogen) atoms. The summed E-state index contributed by atoms with van der Waals surface area (Å²) in [5, 5.41) is 8.88. The largest absolute Gasteiger partial charge is 0.396 e. The van der Waals surface area contributed by atoms with E-state index in [9.17, 15) is 4.79 Å². The monoisotopic (exact) mass is 243 g/mol.